The van der Waals surface area contributed by atoms with Gasteiger partial charge < -0.3 is 16.0 Å². The number of imidazole rings is 1. The second kappa shape index (κ2) is 7.72. The Balaban J connectivity index is 0.00000225. The molecule has 0 aliphatic carbocycles. The maximum absolute atomic E-state index is 11.1. The van der Waals surface area contributed by atoms with Crippen molar-refractivity contribution in [2.24, 2.45) is 21.7 Å². The van der Waals surface area contributed by atoms with Crippen molar-refractivity contribution in [2.75, 3.05) is 5.75 Å². The maximum atomic E-state index is 11.1. The Bertz CT molecular complexity index is 878. The minimum Gasteiger partial charge on any atom is -0.369 e. The number of hydrogen-bond acceptors (Lipinski definition) is 6. The SMILES string of the molecule is Cl.NC(N)=N/N=C/c1c(-c2ccc(Cl)c([N+](=O)[O-])c2)nc2n1CCS2. The van der Waals surface area contributed by atoms with Crippen LogP contribution in [0.15, 0.2) is 33.6 Å². The first-order valence-electron chi connectivity index (χ1n) is 6.77. The average molecular weight is 402 g/mol. The molecule has 0 atom stereocenters. The van der Waals surface area contributed by atoms with Crippen LogP contribution < -0.4 is 11.5 Å². The largest absolute Gasteiger partial charge is 0.369 e. The Morgan fingerprint density at radius 1 is 1.48 bits per heavy atom. The molecule has 1 aliphatic rings. The molecule has 2 aromatic rings. The molecular weight excluding hydrogens is 389 g/mol. The van der Waals surface area contributed by atoms with Crippen molar-refractivity contribution in [1.29, 1.82) is 0 Å². The summed E-state index contributed by atoms with van der Waals surface area (Å²) in [5.41, 5.74) is 12.2. The lowest BCUT2D eigenvalue weighted by molar-refractivity contribution is -0.384. The van der Waals surface area contributed by atoms with Gasteiger partial charge in [-0.3, -0.25) is 10.1 Å². The quantitative estimate of drug-likeness (QED) is 0.348. The minimum absolute atomic E-state index is 0. The van der Waals surface area contributed by atoms with Crippen molar-refractivity contribution in [3.05, 3.63) is 39.0 Å². The molecule has 3 rings (SSSR count). The number of nitro groups is 1. The fourth-order valence-electron chi connectivity index (χ4n) is 2.29. The summed E-state index contributed by atoms with van der Waals surface area (Å²) in [6.45, 7) is 0.756. The van der Waals surface area contributed by atoms with Crippen LogP contribution in [0.25, 0.3) is 11.3 Å². The summed E-state index contributed by atoms with van der Waals surface area (Å²) < 4.78 is 1.96. The van der Waals surface area contributed by atoms with E-state index in [0.29, 0.717) is 17.0 Å². The lowest BCUT2D eigenvalue weighted by Gasteiger charge is -2.03. The van der Waals surface area contributed by atoms with E-state index in [1.165, 1.54) is 18.3 Å². The summed E-state index contributed by atoms with van der Waals surface area (Å²) in [7, 11) is 0. The number of fused-ring (bicyclic) bond motifs is 1. The van der Waals surface area contributed by atoms with E-state index in [1.54, 1.807) is 17.8 Å². The monoisotopic (exact) mass is 401 g/mol. The Hall–Kier alpha value is -2.30. The van der Waals surface area contributed by atoms with Crippen LogP contribution in [-0.4, -0.2) is 32.4 Å². The van der Waals surface area contributed by atoms with Gasteiger partial charge >= 0.3 is 0 Å². The van der Waals surface area contributed by atoms with Crippen LogP contribution in [0.1, 0.15) is 5.69 Å². The van der Waals surface area contributed by atoms with Gasteiger partial charge in [-0.2, -0.15) is 5.10 Å². The number of halogens is 2. The number of hydrogen-bond donors (Lipinski definition) is 2. The third kappa shape index (κ3) is 3.86. The number of nitrogens with zero attached hydrogens (tertiary/aromatic N) is 5. The number of nitrogens with two attached hydrogens (primary N) is 2. The number of benzene rings is 1. The zero-order valence-electron chi connectivity index (χ0n) is 12.6. The second-order valence-corrected chi connectivity index (χ2v) is 6.29. The molecule has 12 heteroatoms. The smallest absolute Gasteiger partial charge is 0.288 e. The maximum Gasteiger partial charge on any atom is 0.288 e. The van der Waals surface area contributed by atoms with Crippen LogP contribution >= 0.6 is 35.8 Å². The van der Waals surface area contributed by atoms with Gasteiger partial charge in [0.05, 0.1) is 22.5 Å². The van der Waals surface area contributed by atoms with Gasteiger partial charge in [-0.1, -0.05) is 29.4 Å². The first kappa shape index (κ1) is 19.0. The van der Waals surface area contributed by atoms with E-state index in [4.69, 9.17) is 23.1 Å². The molecule has 0 radical (unpaired) electrons. The molecule has 1 aliphatic heterocycles. The van der Waals surface area contributed by atoms with Gasteiger partial charge in [0.15, 0.2) is 5.16 Å². The topological polar surface area (TPSA) is 138 Å². The molecule has 2 heterocycles. The molecule has 25 heavy (non-hydrogen) atoms. The van der Waals surface area contributed by atoms with E-state index < -0.39 is 4.92 Å². The van der Waals surface area contributed by atoms with Crippen LogP contribution in [-0.2, 0) is 6.54 Å². The van der Waals surface area contributed by atoms with E-state index in [2.05, 4.69) is 15.2 Å². The summed E-state index contributed by atoms with van der Waals surface area (Å²) in [5, 5.41) is 19.4. The Morgan fingerprint density at radius 2 is 2.24 bits per heavy atom. The molecule has 0 spiro atoms. The summed E-state index contributed by atoms with van der Waals surface area (Å²) in [5.74, 6) is 0.734. The molecule has 0 saturated heterocycles. The molecule has 0 amide bonds. The van der Waals surface area contributed by atoms with Gasteiger partial charge in [0, 0.05) is 23.9 Å². The predicted octanol–water partition coefficient (Wildman–Crippen LogP) is 2.25. The van der Waals surface area contributed by atoms with Crippen LogP contribution in [0.5, 0.6) is 0 Å². The predicted molar refractivity (Wildman–Crippen MR) is 101 cm³/mol. The lowest BCUT2D eigenvalue weighted by Crippen LogP contribution is -2.21. The van der Waals surface area contributed by atoms with Crippen molar-refractivity contribution < 1.29 is 4.92 Å². The highest BCUT2D eigenvalue weighted by atomic mass is 35.5. The highest BCUT2D eigenvalue weighted by Crippen LogP contribution is 2.35. The molecule has 9 nitrogen and oxygen atoms in total. The highest BCUT2D eigenvalue weighted by molar-refractivity contribution is 7.99. The molecule has 0 saturated carbocycles. The van der Waals surface area contributed by atoms with Crippen molar-refractivity contribution >= 4 is 53.6 Å². The molecule has 1 aromatic carbocycles. The number of nitro benzene ring substituents is 1. The van der Waals surface area contributed by atoms with Gasteiger partial charge in [0.1, 0.15) is 5.02 Å². The minimum atomic E-state index is -0.530. The van der Waals surface area contributed by atoms with Gasteiger partial charge in [-0.15, -0.1) is 17.5 Å². The average Bonchev–Trinajstić information content (AvgIpc) is 3.09. The summed E-state index contributed by atoms with van der Waals surface area (Å²) in [4.78, 5) is 15.1. The molecule has 0 unspecified atom stereocenters. The molecule has 132 valence electrons. The summed E-state index contributed by atoms with van der Waals surface area (Å²) in [6.07, 6.45) is 1.48. The van der Waals surface area contributed by atoms with Gasteiger partial charge in [-0.05, 0) is 6.07 Å². The zero-order valence-corrected chi connectivity index (χ0v) is 15.0. The van der Waals surface area contributed by atoms with Crippen LogP contribution in [0.3, 0.4) is 0 Å². The van der Waals surface area contributed by atoms with Gasteiger partial charge in [-0.25, -0.2) is 4.98 Å². The Labute approximate surface area is 157 Å². The van der Waals surface area contributed by atoms with Gasteiger partial charge in [0.25, 0.3) is 5.69 Å². The fraction of sp³-hybridized carbons (Fsp3) is 0.154. The summed E-state index contributed by atoms with van der Waals surface area (Å²) >= 11 is 7.46. The summed E-state index contributed by atoms with van der Waals surface area (Å²) in [6, 6.07) is 4.54. The van der Waals surface area contributed by atoms with Crippen molar-refractivity contribution in [1.82, 2.24) is 9.55 Å². The van der Waals surface area contributed by atoms with Crippen molar-refractivity contribution in [3.8, 4) is 11.3 Å². The number of thioether (sulfide) groups is 1. The molecule has 4 N–H and O–H groups in total. The molecule has 1 aromatic heterocycles. The zero-order chi connectivity index (χ0) is 17.3. The second-order valence-electron chi connectivity index (χ2n) is 4.82. The fourth-order valence-corrected chi connectivity index (χ4v) is 3.44. The first-order valence-corrected chi connectivity index (χ1v) is 8.13. The van der Waals surface area contributed by atoms with Crippen molar-refractivity contribution in [3.63, 3.8) is 0 Å². The Kier molecular flexibility index (Phi) is 5.88. The third-order valence-electron chi connectivity index (χ3n) is 3.29. The third-order valence-corrected chi connectivity index (χ3v) is 4.56. The van der Waals surface area contributed by atoms with Crippen LogP contribution in [0.2, 0.25) is 5.02 Å². The van der Waals surface area contributed by atoms with E-state index in [9.17, 15) is 10.1 Å². The van der Waals surface area contributed by atoms with E-state index in [1.807, 2.05) is 4.57 Å². The molecule has 0 fully saturated rings. The first-order chi connectivity index (χ1) is 11.5. The number of rotatable bonds is 4. The lowest BCUT2D eigenvalue weighted by atomic mass is 10.1. The van der Waals surface area contributed by atoms with Crippen LogP contribution in [0.4, 0.5) is 5.69 Å². The number of aromatic nitrogens is 2. The van der Waals surface area contributed by atoms with Gasteiger partial charge in [0.2, 0.25) is 5.96 Å². The van der Waals surface area contributed by atoms with Crippen molar-refractivity contribution in [2.45, 2.75) is 11.7 Å². The Morgan fingerprint density at radius 3 is 2.92 bits per heavy atom. The molecule has 0 bridgehead atoms. The standard InChI is InChI=1S/C13H12ClN7O2S.ClH/c14-8-2-1-7(5-9(8)21(22)23)11-10(6-17-19-12(15)16)20-3-4-24-13(20)18-11;/h1-2,5-6H,3-4H2,(H4,15,16,19);1H/b17-6+;. The molecular formula is C13H13Cl2N7O2S. The van der Waals surface area contributed by atoms with E-state index in [-0.39, 0.29) is 29.1 Å². The van der Waals surface area contributed by atoms with E-state index in [0.717, 1.165) is 17.5 Å². The van der Waals surface area contributed by atoms with E-state index >= 15 is 0 Å². The normalized spacial score (nSPS) is 12.7. The number of guanidine groups is 1. The van der Waals surface area contributed by atoms with Crippen LogP contribution in [0, 0.1) is 10.1 Å². The highest BCUT2D eigenvalue weighted by Gasteiger charge is 2.23.